The van der Waals surface area contributed by atoms with Crippen LogP contribution in [0.25, 0.3) is 11.1 Å². The van der Waals surface area contributed by atoms with Crippen LogP contribution in [0.3, 0.4) is 0 Å². The maximum Gasteiger partial charge on any atom is 0.339 e. The maximum atomic E-state index is 11.4. The van der Waals surface area contributed by atoms with Crippen molar-refractivity contribution in [2.24, 2.45) is 0 Å². The summed E-state index contributed by atoms with van der Waals surface area (Å²) in [6.45, 7) is 2.03. The molecular weight excluding hydrogens is 272 g/mol. The lowest BCUT2D eigenvalue weighted by Gasteiger charge is -2.12. The van der Waals surface area contributed by atoms with Crippen LogP contribution in [0.5, 0.6) is 17.2 Å². The molecule has 2 aromatic carbocycles. The van der Waals surface area contributed by atoms with Gasteiger partial charge in [-0.1, -0.05) is 6.07 Å². The van der Waals surface area contributed by atoms with E-state index in [1.807, 2.05) is 31.2 Å². The largest absolute Gasteiger partial charge is 0.496 e. The number of carboxylic acid groups (broad SMARTS) is 1. The topological polar surface area (TPSA) is 65.0 Å². The Hall–Kier alpha value is -2.69. The molecule has 1 heterocycles. The third-order valence-corrected chi connectivity index (χ3v) is 3.42. The Balaban J connectivity index is 2.12. The molecular formula is C16H14O5. The molecule has 1 N–H and O–H groups in total. The zero-order valence-electron chi connectivity index (χ0n) is 11.7. The van der Waals surface area contributed by atoms with E-state index in [1.54, 1.807) is 6.07 Å². The van der Waals surface area contributed by atoms with E-state index >= 15 is 0 Å². The minimum absolute atomic E-state index is 0.144. The van der Waals surface area contributed by atoms with Crippen LogP contribution >= 0.6 is 0 Å². The van der Waals surface area contributed by atoms with Crippen molar-refractivity contribution in [1.82, 2.24) is 0 Å². The Kier molecular flexibility index (Phi) is 3.17. The molecule has 0 amide bonds. The number of benzene rings is 2. The van der Waals surface area contributed by atoms with E-state index in [-0.39, 0.29) is 12.4 Å². The summed E-state index contributed by atoms with van der Waals surface area (Å²) < 4.78 is 15.8. The summed E-state index contributed by atoms with van der Waals surface area (Å²) >= 11 is 0. The predicted octanol–water partition coefficient (Wildman–Crippen LogP) is 3.10. The molecule has 2 aromatic rings. The van der Waals surface area contributed by atoms with Crippen LogP contribution < -0.4 is 14.2 Å². The van der Waals surface area contributed by atoms with Crippen molar-refractivity contribution in [3.8, 4) is 28.4 Å². The minimum Gasteiger partial charge on any atom is -0.496 e. The minimum atomic E-state index is -1.02. The molecule has 0 aromatic heterocycles. The van der Waals surface area contributed by atoms with Crippen molar-refractivity contribution in [2.45, 2.75) is 6.92 Å². The monoisotopic (exact) mass is 286 g/mol. The van der Waals surface area contributed by atoms with Gasteiger partial charge in [-0.05, 0) is 47.9 Å². The average molecular weight is 286 g/mol. The van der Waals surface area contributed by atoms with E-state index in [2.05, 4.69) is 0 Å². The van der Waals surface area contributed by atoms with Gasteiger partial charge in [-0.3, -0.25) is 0 Å². The van der Waals surface area contributed by atoms with Crippen LogP contribution in [0.1, 0.15) is 15.9 Å². The number of carboxylic acids is 1. The van der Waals surface area contributed by atoms with Crippen molar-refractivity contribution < 1.29 is 24.1 Å². The Morgan fingerprint density at radius 2 is 1.90 bits per heavy atom. The van der Waals surface area contributed by atoms with E-state index < -0.39 is 5.97 Å². The lowest BCUT2D eigenvalue weighted by molar-refractivity contribution is 0.0693. The van der Waals surface area contributed by atoms with Crippen molar-refractivity contribution in [1.29, 1.82) is 0 Å². The Morgan fingerprint density at radius 1 is 1.14 bits per heavy atom. The van der Waals surface area contributed by atoms with Crippen LogP contribution in [0.15, 0.2) is 30.3 Å². The van der Waals surface area contributed by atoms with Crippen molar-refractivity contribution in [3.05, 3.63) is 41.5 Å². The summed E-state index contributed by atoms with van der Waals surface area (Å²) in [5.74, 6) is 0.727. The number of aromatic carboxylic acids is 1. The smallest absolute Gasteiger partial charge is 0.339 e. The number of aryl methyl sites for hydroxylation is 1. The van der Waals surface area contributed by atoms with Crippen LogP contribution in [0, 0.1) is 6.92 Å². The number of carbonyl (C=O) groups is 1. The summed E-state index contributed by atoms with van der Waals surface area (Å²) in [4.78, 5) is 11.4. The highest BCUT2D eigenvalue weighted by molar-refractivity contribution is 5.93. The molecule has 0 spiro atoms. The zero-order chi connectivity index (χ0) is 15.0. The molecule has 0 unspecified atom stereocenters. The first-order valence-electron chi connectivity index (χ1n) is 6.42. The van der Waals surface area contributed by atoms with E-state index in [4.69, 9.17) is 14.2 Å². The fourth-order valence-electron chi connectivity index (χ4n) is 2.45. The lowest BCUT2D eigenvalue weighted by atomic mass is 9.99. The Labute approximate surface area is 121 Å². The van der Waals surface area contributed by atoms with Crippen LogP contribution in [-0.2, 0) is 0 Å². The standard InChI is InChI=1S/C16H14O5/c1-9-5-11(6-12(16(17)18)15(9)19-2)10-3-4-13-14(7-10)21-8-20-13/h3-7H,8H2,1-2H3,(H,17,18). The van der Waals surface area contributed by atoms with Crippen molar-refractivity contribution in [3.63, 3.8) is 0 Å². The van der Waals surface area contributed by atoms with E-state index in [0.717, 1.165) is 16.7 Å². The number of hydrogen-bond acceptors (Lipinski definition) is 4. The highest BCUT2D eigenvalue weighted by Gasteiger charge is 2.18. The first-order valence-corrected chi connectivity index (χ1v) is 6.42. The van der Waals surface area contributed by atoms with Gasteiger partial charge in [-0.25, -0.2) is 4.79 Å². The number of fused-ring (bicyclic) bond motifs is 1. The van der Waals surface area contributed by atoms with Gasteiger partial charge in [-0.2, -0.15) is 0 Å². The fourth-order valence-corrected chi connectivity index (χ4v) is 2.45. The van der Waals surface area contributed by atoms with Gasteiger partial charge >= 0.3 is 5.97 Å². The lowest BCUT2D eigenvalue weighted by Crippen LogP contribution is -2.02. The molecule has 0 saturated carbocycles. The number of hydrogen-bond donors (Lipinski definition) is 1. The Bertz CT molecular complexity index is 721. The van der Waals surface area contributed by atoms with Gasteiger partial charge in [0.05, 0.1) is 7.11 Å². The summed E-state index contributed by atoms with van der Waals surface area (Å²) in [5, 5.41) is 9.32. The third kappa shape index (κ3) is 2.27. The fraction of sp³-hybridized carbons (Fsp3) is 0.188. The Morgan fingerprint density at radius 3 is 2.62 bits per heavy atom. The molecule has 0 bridgehead atoms. The molecule has 5 heteroatoms. The van der Waals surface area contributed by atoms with Crippen LogP contribution in [0.4, 0.5) is 0 Å². The molecule has 0 aliphatic carbocycles. The van der Waals surface area contributed by atoms with E-state index in [1.165, 1.54) is 7.11 Å². The third-order valence-electron chi connectivity index (χ3n) is 3.42. The summed E-state index contributed by atoms with van der Waals surface area (Å²) in [5.41, 5.74) is 2.58. The first-order chi connectivity index (χ1) is 10.1. The molecule has 108 valence electrons. The maximum absolute atomic E-state index is 11.4. The van der Waals surface area contributed by atoms with E-state index in [9.17, 15) is 9.90 Å². The number of ether oxygens (including phenoxy) is 3. The molecule has 0 atom stereocenters. The van der Waals surface area contributed by atoms with Gasteiger partial charge in [0.2, 0.25) is 6.79 Å². The van der Waals surface area contributed by atoms with E-state index in [0.29, 0.717) is 17.2 Å². The number of methoxy groups -OCH3 is 1. The van der Waals surface area contributed by atoms with Gasteiger partial charge in [0.1, 0.15) is 11.3 Å². The number of rotatable bonds is 3. The van der Waals surface area contributed by atoms with Gasteiger partial charge in [0.25, 0.3) is 0 Å². The molecule has 0 radical (unpaired) electrons. The highest BCUT2D eigenvalue weighted by atomic mass is 16.7. The quantitative estimate of drug-likeness (QED) is 0.939. The molecule has 0 saturated heterocycles. The normalized spacial score (nSPS) is 12.3. The molecule has 5 nitrogen and oxygen atoms in total. The van der Waals surface area contributed by atoms with Gasteiger partial charge in [0, 0.05) is 0 Å². The van der Waals surface area contributed by atoms with Crippen molar-refractivity contribution in [2.75, 3.05) is 13.9 Å². The van der Waals surface area contributed by atoms with Crippen LogP contribution in [0.2, 0.25) is 0 Å². The molecule has 21 heavy (non-hydrogen) atoms. The molecule has 1 aliphatic rings. The van der Waals surface area contributed by atoms with Crippen molar-refractivity contribution >= 4 is 5.97 Å². The second-order valence-electron chi connectivity index (χ2n) is 4.75. The van der Waals surface area contributed by atoms with Gasteiger partial charge in [0.15, 0.2) is 11.5 Å². The van der Waals surface area contributed by atoms with Gasteiger partial charge < -0.3 is 19.3 Å². The summed E-state index contributed by atoms with van der Waals surface area (Å²) in [7, 11) is 1.47. The molecule has 3 rings (SSSR count). The molecule has 0 fully saturated rings. The first kappa shape index (κ1) is 13.3. The SMILES string of the molecule is COc1c(C)cc(-c2ccc3c(c2)OCO3)cc1C(=O)O. The summed E-state index contributed by atoms with van der Waals surface area (Å²) in [6.07, 6.45) is 0. The second kappa shape index (κ2) is 5.01. The highest BCUT2D eigenvalue weighted by Crippen LogP contribution is 2.37. The zero-order valence-corrected chi connectivity index (χ0v) is 11.7. The second-order valence-corrected chi connectivity index (χ2v) is 4.75. The van der Waals surface area contributed by atoms with Gasteiger partial charge in [-0.15, -0.1) is 0 Å². The predicted molar refractivity (Wildman–Crippen MR) is 76.2 cm³/mol. The van der Waals surface area contributed by atoms with Crippen LogP contribution in [-0.4, -0.2) is 25.0 Å². The average Bonchev–Trinajstić information content (AvgIpc) is 2.93. The summed E-state index contributed by atoms with van der Waals surface area (Å²) in [6, 6.07) is 9.03. The molecule has 1 aliphatic heterocycles.